The highest BCUT2D eigenvalue weighted by Crippen LogP contribution is 2.33. The average Bonchev–Trinajstić information content (AvgIpc) is 2.31. The van der Waals surface area contributed by atoms with Crippen LogP contribution in [0, 0.1) is 0 Å². The smallest absolute Gasteiger partial charge is 0.153 e. The van der Waals surface area contributed by atoms with Gasteiger partial charge in [-0.05, 0) is 12.1 Å². The molecule has 1 rings (SSSR count). The summed E-state index contributed by atoms with van der Waals surface area (Å²) in [4.78, 5) is 0. The number of benzene rings is 1. The Hall–Kier alpha value is -0.160. The van der Waals surface area contributed by atoms with Gasteiger partial charge in [-0.3, -0.25) is 0 Å². The van der Waals surface area contributed by atoms with Gasteiger partial charge < -0.3 is 4.74 Å². The van der Waals surface area contributed by atoms with Crippen LogP contribution in [0.5, 0.6) is 5.75 Å². The molecule has 0 amide bonds. The predicted octanol–water partition coefficient (Wildman–Crippen LogP) is 3.55. The number of rotatable bonds is 6. The van der Waals surface area contributed by atoms with Crippen molar-refractivity contribution >= 4 is 44.6 Å². The van der Waals surface area contributed by atoms with Crippen LogP contribution in [-0.2, 0) is 15.7 Å². The zero-order chi connectivity index (χ0) is 13.8. The van der Waals surface area contributed by atoms with E-state index in [1.807, 2.05) is 0 Å². The molecule has 0 atom stereocenters. The number of alkyl halides is 1. The Morgan fingerprint density at radius 2 is 1.94 bits per heavy atom. The van der Waals surface area contributed by atoms with Gasteiger partial charge >= 0.3 is 0 Å². The Balaban J connectivity index is 2.79. The lowest BCUT2D eigenvalue weighted by atomic mass is 10.2. The molecule has 0 saturated carbocycles. The first-order valence-electron chi connectivity index (χ1n) is 5.26. The molecule has 0 aliphatic heterocycles. The van der Waals surface area contributed by atoms with Crippen LogP contribution < -0.4 is 4.74 Å². The van der Waals surface area contributed by atoms with E-state index in [-0.39, 0.29) is 24.0 Å². The molecule has 7 heteroatoms. The van der Waals surface area contributed by atoms with Crippen LogP contribution in [0.15, 0.2) is 12.1 Å². The summed E-state index contributed by atoms with van der Waals surface area (Å²) in [6, 6.07) is 3.17. The van der Waals surface area contributed by atoms with Crippen LogP contribution in [-0.4, -0.2) is 26.5 Å². The van der Waals surface area contributed by atoms with E-state index in [1.165, 1.54) is 6.07 Å². The van der Waals surface area contributed by atoms with Gasteiger partial charge in [-0.1, -0.05) is 30.1 Å². The maximum absolute atomic E-state index is 11.3. The molecule has 0 N–H and O–H groups in total. The van der Waals surface area contributed by atoms with Gasteiger partial charge in [-0.15, -0.1) is 11.6 Å². The van der Waals surface area contributed by atoms with Crippen molar-refractivity contribution in [1.82, 2.24) is 0 Å². The van der Waals surface area contributed by atoms with E-state index in [2.05, 4.69) is 0 Å². The van der Waals surface area contributed by atoms with E-state index in [0.29, 0.717) is 21.4 Å². The lowest BCUT2D eigenvalue weighted by molar-refractivity contribution is 0.338. The molecule has 0 spiro atoms. The van der Waals surface area contributed by atoms with Crippen LogP contribution in [0.1, 0.15) is 12.5 Å². The molecule has 0 unspecified atom stereocenters. The predicted molar refractivity (Wildman–Crippen MR) is 75.8 cm³/mol. The third-order valence-electron chi connectivity index (χ3n) is 2.31. The van der Waals surface area contributed by atoms with Crippen molar-refractivity contribution in [2.24, 2.45) is 0 Å². The van der Waals surface area contributed by atoms with Crippen LogP contribution in [0.4, 0.5) is 0 Å². The molecule has 18 heavy (non-hydrogen) atoms. The molecule has 0 fully saturated rings. The standard InChI is InChI=1S/C11H13Cl3O3S/c1-2-18(15,16)4-3-17-11-8(7-12)5-9(13)6-10(11)14/h5-6H,2-4,7H2,1H3. The second-order valence-electron chi connectivity index (χ2n) is 3.59. The number of sulfone groups is 1. The van der Waals surface area contributed by atoms with Crippen LogP contribution in [0.2, 0.25) is 10.0 Å². The van der Waals surface area contributed by atoms with Gasteiger partial charge in [0.2, 0.25) is 0 Å². The minimum Gasteiger partial charge on any atom is -0.491 e. The third-order valence-corrected chi connectivity index (χ3v) is 4.77. The SMILES string of the molecule is CCS(=O)(=O)CCOc1c(Cl)cc(Cl)cc1CCl. The van der Waals surface area contributed by atoms with E-state index in [9.17, 15) is 8.42 Å². The summed E-state index contributed by atoms with van der Waals surface area (Å²) in [5.74, 6) is 0.621. The molecule has 3 nitrogen and oxygen atoms in total. The van der Waals surface area contributed by atoms with Crippen molar-refractivity contribution in [3.05, 3.63) is 27.7 Å². The highest BCUT2D eigenvalue weighted by atomic mass is 35.5. The van der Waals surface area contributed by atoms with Gasteiger partial charge in [0.25, 0.3) is 0 Å². The van der Waals surface area contributed by atoms with Crippen molar-refractivity contribution in [3.8, 4) is 5.75 Å². The van der Waals surface area contributed by atoms with E-state index < -0.39 is 9.84 Å². The lowest BCUT2D eigenvalue weighted by Gasteiger charge is -2.12. The van der Waals surface area contributed by atoms with Gasteiger partial charge in [0, 0.05) is 16.3 Å². The summed E-state index contributed by atoms with van der Waals surface area (Å²) in [6.45, 7) is 1.64. The second kappa shape index (κ2) is 6.85. The van der Waals surface area contributed by atoms with Crippen molar-refractivity contribution in [2.45, 2.75) is 12.8 Å². The average molecular weight is 332 g/mol. The normalized spacial score (nSPS) is 11.6. The van der Waals surface area contributed by atoms with E-state index in [4.69, 9.17) is 39.5 Å². The molecular formula is C11H13Cl3O3S. The maximum Gasteiger partial charge on any atom is 0.153 e. The molecule has 0 aliphatic carbocycles. The van der Waals surface area contributed by atoms with Crippen LogP contribution >= 0.6 is 34.8 Å². The Kier molecular flexibility index (Phi) is 6.05. The summed E-state index contributed by atoms with van der Waals surface area (Å²) in [5.41, 5.74) is 0.642. The minimum absolute atomic E-state index is 0.0431. The zero-order valence-corrected chi connectivity index (χ0v) is 12.8. The molecule has 0 bridgehead atoms. The van der Waals surface area contributed by atoms with Crippen molar-refractivity contribution < 1.29 is 13.2 Å². The fourth-order valence-corrected chi connectivity index (χ4v) is 2.70. The Morgan fingerprint density at radius 1 is 1.28 bits per heavy atom. The Labute approximate surface area is 122 Å². The lowest BCUT2D eigenvalue weighted by Crippen LogP contribution is -2.16. The topological polar surface area (TPSA) is 43.4 Å². The van der Waals surface area contributed by atoms with Crippen molar-refractivity contribution in [2.75, 3.05) is 18.1 Å². The molecule has 1 aromatic carbocycles. The molecule has 0 aromatic heterocycles. The van der Waals surface area contributed by atoms with Gasteiger partial charge in [-0.25, -0.2) is 8.42 Å². The molecule has 0 aliphatic rings. The van der Waals surface area contributed by atoms with Gasteiger partial charge in [0.15, 0.2) is 9.84 Å². The molecule has 0 radical (unpaired) electrons. The monoisotopic (exact) mass is 330 g/mol. The van der Waals surface area contributed by atoms with Crippen molar-refractivity contribution in [3.63, 3.8) is 0 Å². The Morgan fingerprint density at radius 3 is 2.50 bits per heavy atom. The van der Waals surface area contributed by atoms with E-state index in [1.54, 1.807) is 13.0 Å². The fourth-order valence-electron chi connectivity index (χ4n) is 1.29. The largest absolute Gasteiger partial charge is 0.491 e. The molecule has 0 heterocycles. The van der Waals surface area contributed by atoms with Gasteiger partial charge in [0.05, 0.1) is 16.7 Å². The number of hydrogen-bond donors (Lipinski definition) is 0. The van der Waals surface area contributed by atoms with Gasteiger partial charge in [-0.2, -0.15) is 0 Å². The highest BCUT2D eigenvalue weighted by molar-refractivity contribution is 7.91. The first-order chi connectivity index (χ1) is 8.39. The molecule has 1 aromatic rings. The van der Waals surface area contributed by atoms with E-state index in [0.717, 1.165) is 0 Å². The minimum atomic E-state index is -3.06. The molecule has 0 saturated heterocycles. The molecular weight excluding hydrogens is 319 g/mol. The highest BCUT2D eigenvalue weighted by Gasteiger charge is 2.12. The number of hydrogen-bond acceptors (Lipinski definition) is 3. The van der Waals surface area contributed by atoms with Crippen molar-refractivity contribution in [1.29, 1.82) is 0 Å². The quantitative estimate of drug-likeness (QED) is 0.749. The van der Waals surface area contributed by atoms with Crippen LogP contribution in [0.3, 0.4) is 0 Å². The third kappa shape index (κ3) is 4.50. The summed E-state index contributed by atoms with van der Waals surface area (Å²) < 4.78 is 28.0. The fraction of sp³-hybridized carbons (Fsp3) is 0.455. The summed E-state index contributed by atoms with van der Waals surface area (Å²) >= 11 is 17.6. The van der Waals surface area contributed by atoms with E-state index >= 15 is 0 Å². The second-order valence-corrected chi connectivity index (χ2v) is 7.18. The maximum atomic E-state index is 11.3. The summed E-state index contributed by atoms with van der Waals surface area (Å²) in [5, 5.41) is 0.788. The van der Waals surface area contributed by atoms with Crippen LogP contribution in [0.25, 0.3) is 0 Å². The molecule has 102 valence electrons. The first kappa shape index (κ1) is 15.9. The number of ether oxygens (including phenoxy) is 1. The summed E-state index contributed by atoms with van der Waals surface area (Å²) in [7, 11) is -3.06. The summed E-state index contributed by atoms with van der Waals surface area (Å²) in [6.07, 6.45) is 0. The zero-order valence-electron chi connectivity index (χ0n) is 9.75. The first-order valence-corrected chi connectivity index (χ1v) is 8.38. The van der Waals surface area contributed by atoms with Gasteiger partial charge in [0.1, 0.15) is 12.4 Å². The Bertz CT molecular complexity index is 515. The number of halogens is 3.